The Hall–Kier alpha value is -0.730. The van der Waals surface area contributed by atoms with E-state index in [1.807, 2.05) is 13.0 Å². The maximum absolute atomic E-state index is 6.40. The highest BCUT2D eigenvalue weighted by Crippen LogP contribution is 2.29. The minimum absolute atomic E-state index is 0.170. The van der Waals surface area contributed by atoms with Crippen molar-refractivity contribution in [2.75, 3.05) is 11.4 Å². The van der Waals surface area contributed by atoms with E-state index in [-0.39, 0.29) is 6.04 Å². The minimum Gasteiger partial charge on any atom is -0.368 e. The Labute approximate surface area is 116 Å². The molecule has 0 aromatic heterocycles. The Morgan fingerprint density at radius 2 is 1.94 bits per heavy atom. The first-order valence-electron chi connectivity index (χ1n) is 6.76. The molecule has 1 unspecified atom stereocenters. The van der Waals surface area contributed by atoms with E-state index in [4.69, 9.17) is 17.3 Å². The first-order valence-corrected chi connectivity index (χ1v) is 7.14. The molecule has 0 aliphatic rings. The molecule has 3 heteroatoms. The van der Waals surface area contributed by atoms with E-state index >= 15 is 0 Å². The zero-order valence-electron chi connectivity index (χ0n) is 11.9. The van der Waals surface area contributed by atoms with E-state index in [9.17, 15) is 0 Å². The van der Waals surface area contributed by atoms with E-state index in [2.05, 4.69) is 37.8 Å². The summed E-state index contributed by atoms with van der Waals surface area (Å²) in [4.78, 5) is 2.35. The van der Waals surface area contributed by atoms with Gasteiger partial charge in [-0.3, -0.25) is 0 Å². The predicted octanol–water partition coefficient (Wildman–Crippen LogP) is 3.85. The number of halogens is 1. The lowest BCUT2D eigenvalue weighted by Gasteiger charge is -2.29. The van der Waals surface area contributed by atoms with Crippen LogP contribution in [0.3, 0.4) is 0 Å². The van der Waals surface area contributed by atoms with Crippen LogP contribution in [0.2, 0.25) is 5.02 Å². The topological polar surface area (TPSA) is 29.3 Å². The van der Waals surface area contributed by atoms with E-state index in [1.54, 1.807) is 0 Å². The van der Waals surface area contributed by atoms with Gasteiger partial charge >= 0.3 is 0 Å². The normalized spacial score (nSPS) is 12.8. The van der Waals surface area contributed by atoms with Crippen molar-refractivity contribution in [3.05, 3.63) is 28.8 Å². The SMILES string of the molecule is CCCN(c1ccc(CC(C)N)cc1Cl)C(C)C. The number of hydrogen-bond donors (Lipinski definition) is 1. The third kappa shape index (κ3) is 4.18. The molecule has 0 amide bonds. The Morgan fingerprint density at radius 1 is 1.28 bits per heavy atom. The molecule has 0 saturated carbocycles. The average molecular weight is 269 g/mol. The van der Waals surface area contributed by atoms with Crippen LogP contribution < -0.4 is 10.6 Å². The van der Waals surface area contributed by atoms with Gasteiger partial charge in [0.2, 0.25) is 0 Å². The Kier molecular flexibility index (Phi) is 5.97. The maximum atomic E-state index is 6.40. The summed E-state index contributed by atoms with van der Waals surface area (Å²) in [5.41, 5.74) is 8.15. The first kappa shape index (κ1) is 15.3. The molecule has 0 fully saturated rings. The summed E-state index contributed by atoms with van der Waals surface area (Å²) >= 11 is 6.40. The molecular formula is C15H25ClN2. The molecule has 0 radical (unpaired) electrons. The molecule has 1 aromatic carbocycles. The molecule has 2 N–H and O–H groups in total. The molecule has 0 heterocycles. The van der Waals surface area contributed by atoms with Gasteiger partial charge in [-0.1, -0.05) is 24.6 Å². The van der Waals surface area contributed by atoms with Crippen LogP contribution in [0.25, 0.3) is 0 Å². The fourth-order valence-electron chi connectivity index (χ4n) is 2.18. The van der Waals surface area contributed by atoms with Gasteiger partial charge in [0.1, 0.15) is 0 Å². The van der Waals surface area contributed by atoms with Crippen molar-refractivity contribution in [2.45, 2.75) is 52.6 Å². The summed E-state index contributed by atoms with van der Waals surface area (Å²) < 4.78 is 0. The van der Waals surface area contributed by atoms with Crippen LogP contribution in [0.4, 0.5) is 5.69 Å². The lowest BCUT2D eigenvalue weighted by Crippen LogP contribution is -2.31. The van der Waals surface area contributed by atoms with Crippen LogP contribution in [0.15, 0.2) is 18.2 Å². The smallest absolute Gasteiger partial charge is 0.0642 e. The third-order valence-corrected chi connectivity index (χ3v) is 3.27. The van der Waals surface area contributed by atoms with E-state index in [1.165, 1.54) is 5.56 Å². The molecule has 0 saturated heterocycles. The first-order chi connectivity index (χ1) is 8.45. The van der Waals surface area contributed by atoms with Gasteiger partial charge in [-0.2, -0.15) is 0 Å². The summed E-state index contributed by atoms with van der Waals surface area (Å²) in [6, 6.07) is 6.93. The van der Waals surface area contributed by atoms with Gasteiger partial charge in [0.05, 0.1) is 10.7 Å². The average Bonchev–Trinajstić information content (AvgIpc) is 2.25. The molecule has 0 spiro atoms. The molecule has 18 heavy (non-hydrogen) atoms. The summed E-state index contributed by atoms with van der Waals surface area (Å²) in [6.07, 6.45) is 1.99. The highest BCUT2D eigenvalue weighted by molar-refractivity contribution is 6.33. The predicted molar refractivity (Wildman–Crippen MR) is 81.6 cm³/mol. The fourth-order valence-corrected chi connectivity index (χ4v) is 2.49. The Balaban J connectivity index is 2.95. The van der Waals surface area contributed by atoms with Crippen LogP contribution in [0, 0.1) is 0 Å². The largest absolute Gasteiger partial charge is 0.368 e. The lowest BCUT2D eigenvalue weighted by atomic mass is 10.1. The number of benzene rings is 1. The monoisotopic (exact) mass is 268 g/mol. The lowest BCUT2D eigenvalue weighted by molar-refractivity contribution is 0.670. The van der Waals surface area contributed by atoms with Gasteiger partial charge in [0.25, 0.3) is 0 Å². The number of nitrogens with two attached hydrogens (primary N) is 1. The van der Waals surface area contributed by atoms with Crippen LogP contribution in [-0.4, -0.2) is 18.6 Å². The molecular weight excluding hydrogens is 244 g/mol. The number of rotatable bonds is 6. The standard InChI is InChI=1S/C15H25ClN2/c1-5-8-18(11(2)3)15-7-6-13(9-12(4)17)10-14(15)16/h6-7,10-12H,5,8-9,17H2,1-4H3. The van der Waals surface area contributed by atoms with Crippen molar-refractivity contribution in [1.82, 2.24) is 0 Å². The van der Waals surface area contributed by atoms with Crippen molar-refractivity contribution in [2.24, 2.45) is 5.73 Å². The van der Waals surface area contributed by atoms with Gasteiger partial charge in [-0.25, -0.2) is 0 Å². The Morgan fingerprint density at radius 3 is 2.39 bits per heavy atom. The van der Waals surface area contributed by atoms with Crippen LogP contribution in [0.5, 0.6) is 0 Å². The zero-order chi connectivity index (χ0) is 13.7. The van der Waals surface area contributed by atoms with Crippen LogP contribution in [0.1, 0.15) is 39.7 Å². The summed E-state index contributed by atoms with van der Waals surface area (Å²) in [7, 11) is 0. The van der Waals surface area contributed by atoms with Gasteiger partial charge in [-0.15, -0.1) is 0 Å². The number of nitrogens with zero attached hydrogens (tertiary/aromatic N) is 1. The molecule has 0 bridgehead atoms. The molecule has 1 rings (SSSR count). The van der Waals surface area contributed by atoms with Crippen molar-refractivity contribution in [3.8, 4) is 0 Å². The number of hydrogen-bond acceptors (Lipinski definition) is 2. The molecule has 0 aliphatic heterocycles. The quantitative estimate of drug-likeness (QED) is 0.849. The highest BCUT2D eigenvalue weighted by Gasteiger charge is 2.13. The molecule has 2 nitrogen and oxygen atoms in total. The van der Waals surface area contributed by atoms with Crippen molar-refractivity contribution < 1.29 is 0 Å². The highest BCUT2D eigenvalue weighted by atomic mass is 35.5. The molecule has 0 aliphatic carbocycles. The zero-order valence-corrected chi connectivity index (χ0v) is 12.7. The van der Waals surface area contributed by atoms with Crippen LogP contribution >= 0.6 is 11.6 Å². The Bertz CT molecular complexity index is 375. The van der Waals surface area contributed by atoms with Crippen molar-refractivity contribution in [3.63, 3.8) is 0 Å². The second kappa shape index (κ2) is 7.01. The minimum atomic E-state index is 0.170. The van der Waals surface area contributed by atoms with E-state index in [0.29, 0.717) is 6.04 Å². The van der Waals surface area contributed by atoms with Gasteiger partial charge in [-0.05, 0) is 51.3 Å². The maximum Gasteiger partial charge on any atom is 0.0642 e. The van der Waals surface area contributed by atoms with Gasteiger partial charge in [0, 0.05) is 18.6 Å². The number of anilines is 1. The van der Waals surface area contributed by atoms with Gasteiger partial charge in [0.15, 0.2) is 0 Å². The molecule has 1 aromatic rings. The van der Waals surface area contributed by atoms with Crippen molar-refractivity contribution in [1.29, 1.82) is 0 Å². The van der Waals surface area contributed by atoms with Gasteiger partial charge < -0.3 is 10.6 Å². The summed E-state index contributed by atoms with van der Waals surface area (Å²) in [5, 5.41) is 0.829. The van der Waals surface area contributed by atoms with E-state index in [0.717, 1.165) is 30.1 Å². The third-order valence-electron chi connectivity index (χ3n) is 2.97. The molecule has 1 atom stereocenters. The van der Waals surface area contributed by atoms with Crippen LogP contribution in [-0.2, 0) is 6.42 Å². The van der Waals surface area contributed by atoms with Crippen molar-refractivity contribution >= 4 is 17.3 Å². The summed E-state index contributed by atoms with van der Waals surface area (Å²) in [6.45, 7) is 9.63. The second-order valence-corrected chi connectivity index (χ2v) is 5.66. The fraction of sp³-hybridized carbons (Fsp3) is 0.600. The second-order valence-electron chi connectivity index (χ2n) is 5.25. The van der Waals surface area contributed by atoms with E-state index < -0.39 is 0 Å². The summed E-state index contributed by atoms with van der Waals surface area (Å²) in [5.74, 6) is 0. The molecule has 102 valence electrons.